The van der Waals surface area contributed by atoms with Gasteiger partial charge in [0.05, 0.1) is 22.8 Å². The van der Waals surface area contributed by atoms with Gasteiger partial charge in [-0.15, -0.1) is 0 Å². The van der Waals surface area contributed by atoms with Gasteiger partial charge in [0.15, 0.2) is 5.82 Å². The van der Waals surface area contributed by atoms with Crippen LogP contribution >= 0.6 is 0 Å². The van der Waals surface area contributed by atoms with Gasteiger partial charge in [-0.05, 0) is 58.7 Å². The van der Waals surface area contributed by atoms with Gasteiger partial charge in [0.2, 0.25) is 0 Å². The average molecular weight is 592 g/mol. The summed E-state index contributed by atoms with van der Waals surface area (Å²) in [7, 11) is 0. The monoisotopic (exact) mass is 591 g/mol. The van der Waals surface area contributed by atoms with Crippen molar-refractivity contribution < 1.29 is 0 Å². The quantitative estimate of drug-likeness (QED) is 0.199. The second-order valence-corrected chi connectivity index (χ2v) is 12.3. The number of rotatable bonds is 5. The Morgan fingerprint density at radius 2 is 1.00 bits per heavy atom. The van der Waals surface area contributed by atoms with E-state index in [4.69, 9.17) is 9.97 Å². The van der Waals surface area contributed by atoms with E-state index in [9.17, 15) is 0 Å². The van der Waals surface area contributed by atoms with Crippen LogP contribution in [0.3, 0.4) is 0 Å². The van der Waals surface area contributed by atoms with Crippen LogP contribution in [0.25, 0.3) is 45.0 Å². The summed E-state index contributed by atoms with van der Waals surface area (Å²) in [5.41, 5.74) is 13.2. The lowest BCUT2D eigenvalue weighted by Gasteiger charge is -2.42. The molecule has 0 saturated heterocycles. The van der Waals surface area contributed by atoms with Gasteiger partial charge in [-0.25, -0.2) is 9.97 Å². The van der Waals surface area contributed by atoms with E-state index >= 15 is 0 Å². The molecule has 0 fully saturated rings. The van der Waals surface area contributed by atoms with Crippen molar-refractivity contribution in [3.63, 3.8) is 0 Å². The molecule has 2 heterocycles. The number of anilines is 3. The molecule has 0 N–H and O–H groups in total. The van der Waals surface area contributed by atoms with Crippen molar-refractivity contribution in [3.05, 3.63) is 175 Å². The van der Waals surface area contributed by atoms with Gasteiger partial charge < -0.3 is 4.90 Å². The van der Waals surface area contributed by atoms with E-state index in [0.29, 0.717) is 5.82 Å². The normalized spacial score (nSPS) is 13.1. The molecule has 3 heteroatoms. The molecule has 0 amide bonds. The lowest BCUT2D eigenvalue weighted by atomic mass is 9.72. The zero-order valence-electron chi connectivity index (χ0n) is 25.9. The maximum absolute atomic E-state index is 5.16. The van der Waals surface area contributed by atoms with Crippen molar-refractivity contribution in [3.8, 4) is 45.0 Å². The van der Waals surface area contributed by atoms with Crippen LogP contribution in [0, 0.1) is 0 Å². The van der Waals surface area contributed by atoms with Crippen molar-refractivity contribution in [2.75, 3.05) is 4.90 Å². The van der Waals surface area contributed by atoms with E-state index in [1.807, 2.05) is 24.3 Å². The SMILES string of the molecule is CC1(C)c2ccccc2N(c2ccccc2)c2ccc(-c3ccccc3-c3cc(-c4ccccc4)nc(-c4ccccc4)n3)cc21. The fourth-order valence-corrected chi connectivity index (χ4v) is 6.74. The zero-order valence-corrected chi connectivity index (χ0v) is 25.9. The van der Waals surface area contributed by atoms with Gasteiger partial charge >= 0.3 is 0 Å². The van der Waals surface area contributed by atoms with E-state index in [1.54, 1.807) is 0 Å². The van der Waals surface area contributed by atoms with Crippen LogP contribution in [0.1, 0.15) is 25.0 Å². The third-order valence-electron chi connectivity index (χ3n) is 9.09. The fourth-order valence-electron chi connectivity index (χ4n) is 6.74. The Morgan fingerprint density at radius 1 is 0.435 bits per heavy atom. The minimum absolute atomic E-state index is 0.196. The summed E-state index contributed by atoms with van der Waals surface area (Å²) in [5, 5.41) is 0. The second-order valence-electron chi connectivity index (χ2n) is 12.3. The number of fused-ring (bicyclic) bond motifs is 2. The largest absolute Gasteiger partial charge is 0.310 e. The van der Waals surface area contributed by atoms with Gasteiger partial charge in [0.25, 0.3) is 0 Å². The molecule has 1 aliphatic rings. The van der Waals surface area contributed by atoms with Crippen molar-refractivity contribution in [2.24, 2.45) is 0 Å². The first kappa shape index (κ1) is 27.7. The smallest absolute Gasteiger partial charge is 0.160 e. The molecule has 7 aromatic rings. The van der Waals surface area contributed by atoms with E-state index in [2.05, 4.69) is 158 Å². The molecule has 6 aromatic carbocycles. The highest BCUT2D eigenvalue weighted by Crippen LogP contribution is 2.52. The van der Waals surface area contributed by atoms with Crippen molar-refractivity contribution in [2.45, 2.75) is 19.3 Å². The minimum Gasteiger partial charge on any atom is -0.310 e. The van der Waals surface area contributed by atoms with Crippen molar-refractivity contribution in [1.29, 1.82) is 0 Å². The molecular weight excluding hydrogens is 558 g/mol. The maximum Gasteiger partial charge on any atom is 0.160 e. The van der Waals surface area contributed by atoms with Gasteiger partial charge in [0, 0.05) is 27.8 Å². The topological polar surface area (TPSA) is 29.0 Å². The average Bonchev–Trinajstić information content (AvgIpc) is 3.13. The lowest BCUT2D eigenvalue weighted by molar-refractivity contribution is 0.632. The highest BCUT2D eigenvalue weighted by Gasteiger charge is 2.37. The maximum atomic E-state index is 5.16. The molecule has 3 nitrogen and oxygen atoms in total. The Balaban J connectivity index is 1.31. The Kier molecular flexibility index (Phi) is 6.80. The van der Waals surface area contributed by atoms with E-state index in [1.165, 1.54) is 22.5 Å². The number of aromatic nitrogens is 2. The Morgan fingerprint density at radius 3 is 1.74 bits per heavy atom. The lowest BCUT2D eigenvalue weighted by Crippen LogP contribution is -2.30. The molecule has 0 unspecified atom stereocenters. The number of benzene rings is 6. The summed E-state index contributed by atoms with van der Waals surface area (Å²) in [5.74, 6) is 0.716. The predicted octanol–water partition coefficient (Wildman–Crippen LogP) is 11.3. The first-order valence-corrected chi connectivity index (χ1v) is 15.8. The number of hydrogen-bond acceptors (Lipinski definition) is 3. The number of para-hydroxylation sites is 2. The molecule has 0 aliphatic carbocycles. The Hall–Kier alpha value is -5.80. The molecule has 0 saturated carbocycles. The first-order valence-electron chi connectivity index (χ1n) is 15.8. The fraction of sp³-hybridized carbons (Fsp3) is 0.0698. The van der Waals surface area contributed by atoms with Gasteiger partial charge in [0.1, 0.15) is 0 Å². The molecule has 220 valence electrons. The standard InChI is InChI=1S/C43H33N3/c1-43(2)36-24-14-15-25-40(36)46(33-20-10-5-11-21-33)41-27-26-32(28-37(41)43)34-22-12-13-23-35(34)39-29-38(30-16-6-3-7-17-30)44-42(45-39)31-18-8-4-9-19-31/h3-29H,1-2H3. The third kappa shape index (κ3) is 4.78. The van der Waals surface area contributed by atoms with Crippen molar-refractivity contribution in [1.82, 2.24) is 9.97 Å². The van der Waals surface area contributed by atoms with Gasteiger partial charge in [-0.3, -0.25) is 0 Å². The Bertz CT molecular complexity index is 2110. The van der Waals surface area contributed by atoms with E-state index in [0.717, 1.165) is 44.9 Å². The Labute approximate surface area is 270 Å². The van der Waals surface area contributed by atoms with E-state index in [-0.39, 0.29) is 5.41 Å². The highest BCUT2D eigenvalue weighted by atomic mass is 15.2. The summed E-state index contributed by atoms with van der Waals surface area (Å²) in [6, 6.07) is 57.7. The van der Waals surface area contributed by atoms with Crippen LogP contribution in [-0.4, -0.2) is 9.97 Å². The summed E-state index contributed by atoms with van der Waals surface area (Å²) < 4.78 is 0. The van der Waals surface area contributed by atoms with E-state index < -0.39 is 0 Å². The van der Waals surface area contributed by atoms with Gasteiger partial charge in [-0.1, -0.05) is 141 Å². The van der Waals surface area contributed by atoms with Gasteiger partial charge in [-0.2, -0.15) is 0 Å². The molecule has 46 heavy (non-hydrogen) atoms. The van der Waals surface area contributed by atoms with Crippen LogP contribution in [0.2, 0.25) is 0 Å². The summed E-state index contributed by atoms with van der Waals surface area (Å²) in [6.07, 6.45) is 0. The van der Waals surface area contributed by atoms with Crippen LogP contribution in [0.15, 0.2) is 164 Å². The van der Waals surface area contributed by atoms with Crippen LogP contribution in [0.4, 0.5) is 17.1 Å². The molecule has 0 bridgehead atoms. The molecule has 8 rings (SSSR count). The van der Waals surface area contributed by atoms with Crippen LogP contribution in [-0.2, 0) is 5.41 Å². The molecule has 1 aromatic heterocycles. The zero-order chi connectivity index (χ0) is 31.1. The third-order valence-corrected chi connectivity index (χ3v) is 9.09. The molecular formula is C43H33N3. The first-order chi connectivity index (χ1) is 22.6. The summed E-state index contributed by atoms with van der Waals surface area (Å²) in [4.78, 5) is 12.6. The van der Waals surface area contributed by atoms with Crippen LogP contribution < -0.4 is 4.90 Å². The number of nitrogens with zero attached hydrogens (tertiary/aromatic N) is 3. The minimum atomic E-state index is -0.196. The number of hydrogen-bond donors (Lipinski definition) is 0. The molecule has 0 spiro atoms. The molecule has 1 aliphatic heterocycles. The highest BCUT2D eigenvalue weighted by molar-refractivity contribution is 5.90. The van der Waals surface area contributed by atoms with Crippen LogP contribution in [0.5, 0.6) is 0 Å². The second kappa shape index (κ2) is 11.3. The summed E-state index contributed by atoms with van der Waals surface area (Å²) >= 11 is 0. The summed E-state index contributed by atoms with van der Waals surface area (Å²) in [6.45, 7) is 4.68. The molecule has 0 atom stereocenters. The molecule has 0 radical (unpaired) electrons. The predicted molar refractivity (Wildman–Crippen MR) is 191 cm³/mol. The van der Waals surface area contributed by atoms with Crippen molar-refractivity contribution >= 4 is 17.1 Å².